The Labute approximate surface area is 155 Å². The molecule has 2 heterocycles. The number of hydrogen-bond donors (Lipinski definition) is 2. The van der Waals surface area contributed by atoms with Crippen LogP contribution in [0.4, 0.5) is 0 Å². The highest BCUT2D eigenvalue weighted by Gasteiger charge is 2.23. The second kappa shape index (κ2) is 6.71. The maximum absolute atomic E-state index is 3.66. The summed E-state index contributed by atoms with van der Waals surface area (Å²) in [5.74, 6) is 0. The van der Waals surface area contributed by atoms with Crippen molar-refractivity contribution in [2.45, 2.75) is 38.0 Å². The average molecular weight is 340 g/mol. The minimum atomic E-state index is 0.437. The third kappa shape index (κ3) is 2.96. The van der Waals surface area contributed by atoms with E-state index in [2.05, 4.69) is 83.4 Å². The zero-order valence-corrected chi connectivity index (χ0v) is 14.9. The van der Waals surface area contributed by atoms with Gasteiger partial charge in [0.1, 0.15) is 0 Å². The summed E-state index contributed by atoms with van der Waals surface area (Å²) >= 11 is 0. The van der Waals surface area contributed by atoms with Crippen LogP contribution in [0.15, 0.2) is 72.8 Å². The molecule has 2 aliphatic heterocycles. The topological polar surface area (TPSA) is 24.1 Å². The van der Waals surface area contributed by atoms with Crippen LogP contribution < -0.4 is 10.6 Å². The average Bonchev–Trinajstić information content (AvgIpc) is 3.27. The fraction of sp³-hybridized carbons (Fsp3) is 0.250. The number of rotatable bonds is 4. The van der Waals surface area contributed by atoms with Gasteiger partial charge in [-0.25, -0.2) is 0 Å². The molecule has 0 saturated heterocycles. The molecule has 0 spiro atoms. The molecule has 2 aliphatic rings. The van der Waals surface area contributed by atoms with E-state index in [1.54, 1.807) is 0 Å². The van der Waals surface area contributed by atoms with E-state index >= 15 is 0 Å². The predicted octanol–water partition coefficient (Wildman–Crippen LogP) is 4.46. The summed E-state index contributed by atoms with van der Waals surface area (Å²) < 4.78 is 0. The van der Waals surface area contributed by atoms with E-state index in [9.17, 15) is 0 Å². The van der Waals surface area contributed by atoms with Gasteiger partial charge in [0.05, 0.1) is 0 Å². The Bertz CT molecular complexity index is 858. The second-order valence-corrected chi connectivity index (χ2v) is 7.49. The molecule has 0 aliphatic carbocycles. The van der Waals surface area contributed by atoms with Crippen molar-refractivity contribution >= 4 is 0 Å². The third-order valence-electron chi connectivity index (χ3n) is 5.81. The number of hydrogen-bond acceptors (Lipinski definition) is 2. The normalized spacial score (nSPS) is 20.8. The lowest BCUT2D eigenvalue weighted by Crippen LogP contribution is -2.16. The minimum Gasteiger partial charge on any atom is -0.306 e. The van der Waals surface area contributed by atoms with E-state index in [0.29, 0.717) is 12.1 Å². The van der Waals surface area contributed by atoms with Gasteiger partial charge in [0.2, 0.25) is 0 Å². The van der Waals surface area contributed by atoms with Gasteiger partial charge >= 0.3 is 0 Å². The lowest BCUT2D eigenvalue weighted by atomic mass is 9.95. The zero-order chi connectivity index (χ0) is 17.3. The quantitative estimate of drug-likeness (QED) is 0.733. The van der Waals surface area contributed by atoms with Crippen molar-refractivity contribution in [2.75, 3.05) is 0 Å². The van der Waals surface area contributed by atoms with Gasteiger partial charge in [-0.3, -0.25) is 0 Å². The molecule has 0 aromatic heterocycles. The molecular formula is C24H24N2. The summed E-state index contributed by atoms with van der Waals surface area (Å²) in [6.45, 7) is 1.98. The van der Waals surface area contributed by atoms with Crippen molar-refractivity contribution in [3.63, 3.8) is 0 Å². The first-order valence-electron chi connectivity index (χ1n) is 9.57. The zero-order valence-electron chi connectivity index (χ0n) is 14.9. The highest BCUT2D eigenvalue weighted by Crippen LogP contribution is 2.30. The number of fused-ring (bicyclic) bond motifs is 2. The Hall–Kier alpha value is -2.42. The van der Waals surface area contributed by atoms with Crippen molar-refractivity contribution in [3.8, 4) is 0 Å². The highest BCUT2D eigenvalue weighted by molar-refractivity contribution is 5.38. The van der Waals surface area contributed by atoms with Crippen LogP contribution in [0.2, 0.25) is 0 Å². The van der Waals surface area contributed by atoms with Gasteiger partial charge in [0.25, 0.3) is 0 Å². The molecule has 0 fully saturated rings. The molecule has 0 saturated carbocycles. The van der Waals surface area contributed by atoms with E-state index in [4.69, 9.17) is 0 Å². The molecule has 5 rings (SSSR count). The highest BCUT2D eigenvalue weighted by atomic mass is 14.9. The molecule has 2 nitrogen and oxygen atoms in total. The van der Waals surface area contributed by atoms with Crippen LogP contribution >= 0.6 is 0 Å². The predicted molar refractivity (Wildman–Crippen MR) is 106 cm³/mol. The van der Waals surface area contributed by atoms with Crippen LogP contribution in [0.1, 0.15) is 45.5 Å². The van der Waals surface area contributed by atoms with Crippen LogP contribution in [0, 0.1) is 0 Å². The second-order valence-electron chi connectivity index (χ2n) is 7.49. The van der Waals surface area contributed by atoms with E-state index in [1.807, 2.05) is 0 Å². The molecule has 130 valence electrons. The van der Waals surface area contributed by atoms with E-state index in [-0.39, 0.29) is 0 Å². The maximum Gasteiger partial charge on any atom is 0.0367 e. The van der Waals surface area contributed by atoms with Crippen molar-refractivity contribution in [3.05, 3.63) is 106 Å². The third-order valence-corrected chi connectivity index (χ3v) is 5.81. The molecule has 26 heavy (non-hydrogen) atoms. The summed E-state index contributed by atoms with van der Waals surface area (Å²) in [5.41, 5.74) is 8.65. The van der Waals surface area contributed by atoms with Gasteiger partial charge in [-0.2, -0.15) is 0 Å². The van der Waals surface area contributed by atoms with E-state index in [0.717, 1.165) is 25.9 Å². The van der Waals surface area contributed by atoms with Gasteiger partial charge < -0.3 is 10.6 Å². The standard InChI is InChI=1S/C24H24N2/c1-3-10-21-19(8-1)15-25-23(21)13-17-6-5-7-18(12-17)14-24-22-11-4-2-9-20(22)16-26-24/h1-12,23-26H,13-16H2. The fourth-order valence-corrected chi connectivity index (χ4v) is 4.48. The van der Waals surface area contributed by atoms with Gasteiger partial charge in [-0.05, 0) is 46.2 Å². The van der Waals surface area contributed by atoms with Crippen LogP contribution in [0.25, 0.3) is 0 Å². The van der Waals surface area contributed by atoms with Gasteiger partial charge in [-0.15, -0.1) is 0 Å². The lowest BCUT2D eigenvalue weighted by molar-refractivity contribution is 0.574. The molecule has 3 aromatic rings. The van der Waals surface area contributed by atoms with Crippen LogP contribution in [-0.2, 0) is 25.9 Å². The Kier molecular flexibility index (Phi) is 4.08. The summed E-state index contributed by atoms with van der Waals surface area (Å²) in [5, 5.41) is 7.33. The van der Waals surface area contributed by atoms with Gasteiger partial charge in [0, 0.05) is 25.2 Å². The molecular weight excluding hydrogens is 316 g/mol. The molecule has 0 amide bonds. The summed E-state index contributed by atoms with van der Waals surface area (Å²) in [6.07, 6.45) is 2.11. The van der Waals surface area contributed by atoms with Crippen molar-refractivity contribution < 1.29 is 0 Å². The smallest absolute Gasteiger partial charge is 0.0367 e. The Morgan fingerprint density at radius 2 is 1.12 bits per heavy atom. The van der Waals surface area contributed by atoms with Crippen molar-refractivity contribution in [1.82, 2.24) is 10.6 Å². The maximum atomic E-state index is 3.66. The molecule has 0 bridgehead atoms. The molecule has 2 atom stereocenters. The molecule has 0 radical (unpaired) electrons. The Morgan fingerprint density at radius 3 is 1.65 bits per heavy atom. The Morgan fingerprint density at radius 1 is 0.615 bits per heavy atom. The van der Waals surface area contributed by atoms with E-state index < -0.39 is 0 Å². The molecule has 3 aromatic carbocycles. The molecule has 2 heteroatoms. The summed E-state index contributed by atoms with van der Waals surface area (Å²) in [4.78, 5) is 0. The monoisotopic (exact) mass is 340 g/mol. The largest absolute Gasteiger partial charge is 0.306 e. The fourth-order valence-electron chi connectivity index (χ4n) is 4.48. The van der Waals surface area contributed by atoms with Gasteiger partial charge in [-0.1, -0.05) is 72.8 Å². The molecule has 2 unspecified atom stereocenters. The Balaban J connectivity index is 1.33. The molecule has 2 N–H and O–H groups in total. The first-order valence-corrected chi connectivity index (χ1v) is 9.57. The lowest BCUT2D eigenvalue weighted by Gasteiger charge is -2.15. The van der Waals surface area contributed by atoms with Crippen LogP contribution in [0.3, 0.4) is 0 Å². The van der Waals surface area contributed by atoms with Crippen LogP contribution in [-0.4, -0.2) is 0 Å². The van der Waals surface area contributed by atoms with Crippen LogP contribution in [0.5, 0.6) is 0 Å². The number of benzene rings is 3. The first-order chi connectivity index (χ1) is 12.9. The minimum absolute atomic E-state index is 0.437. The first kappa shape index (κ1) is 15.8. The summed E-state index contributed by atoms with van der Waals surface area (Å²) in [7, 11) is 0. The summed E-state index contributed by atoms with van der Waals surface area (Å²) in [6, 6.07) is 27.6. The van der Waals surface area contributed by atoms with Crippen molar-refractivity contribution in [1.29, 1.82) is 0 Å². The van der Waals surface area contributed by atoms with Gasteiger partial charge in [0.15, 0.2) is 0 Å². The SMILES string of the molecule is c1cc(CC2NCc3ccccc32)cc(CC2NCc3ccccc32)c1. The van der Waals surface area contributed by atoms with Crippen molar-refractivity contribution in [2.24, 2.45) is 0 Å². The van der Waals surface area contributed by atoms with E-state index in [1.165, 1.54) is 33.4 Å². The number of nitrogens with one attached hydrogen (secondary N) is 2.